The van der Waals surface area contributed by atoms with Crippen LogP contribution in [0.2, 0.25) is 0 Å². The number of hydrogen-bond donors (Lipinski definition) is 0. The highest BCUT2D eigenvalue weighted by atomic mass is 15.1. The maximum atomic E-state index is 2.54. The van der Waals surface area contributed by atoms with Crippen LogP contribution in [0, 0.1) is 0 Å². The number of aryl methyl sites for hydroxylation is 1. The van der Waals surface area contributed by atoms with Crippen LogP contribution < -0.4 is 4.57 Å². The van der Waals surface area contributed by atoms with Crippen LogP contribution >= 0.6 is 0 Å². The molecule has 0 spiro atoms. The largest absolute Gasteiger partial charge is 0.244 e. The van der Waals surface area contributed by atoms with Gasteiger partial charge in [-0.15, -0.1) is 0 Å². The van der Waals surface area contributed by atoms with Gasteiger partial charge in [-0.2, -0.15) is 0 Å². The van der Waals surface area contributed by atoms with E-state index in [1.165, 1.54) is 127 Å². The predicted octanol–water partition coefficient (Wildman–Crippen LogP) is 11.6. The Kier molecular flexibility index (Phi) is 16.7. The lowest BCUT2D eigenvalue weighted by atomic mass is 9.70. The number of imidazole rings is 1. The molecular formula is C40H63N2+. The summed E-state index contributed by atoms with van der Waals surface area (Å²) in [5, 5.41) is 0. The summed E-state index contributed by atoms with van der Waals surface area (Å²) < 4.78 is 4.91. The van der Waals surface area contributed by atoms with Crippen molar-refractivity contribution in [3.05, 3.63) is 90.5 Å². The molecule has 2 unspecified atom stereocenters. The van der Waals surface area contributed by atoms with Crippen LogP contribution in [0.15, 0.2) is 79.4 Å². The van der Waals surface area contributed by atoms with E-state index in [0.717, 1.165) is 13.0 Å². The predicted molar refractivity (Wildman–Crippen MR) is 182 cm³/mol. The molecule has 2 heteroatoms. The van der Waals surface area contributed by atoms with E-state index in [1.54, 1.807) is 0 Å². The van der Waals surface area contributed by atoms with Crippen LogP contribution in [0.1, 0.15) is 154 Å². The molecule has 0 fully saturated rings. The molecule has 0 amide bonds. The summed E-state index contributed by atoms with van der Waals surface area (Å²) in [6.07, 6.45) is 33.1. The first-order valence-corrected chi connectivity index (χ1v) is 17.8. The van der Waals surface area contributed by atoms with Crippen LogP contribution in [-0.2, 0) is 18.4 Å². The van der Waals surface area contributed by atoms with Gasteiger partial charge in [-0.3, -0.25) is 0 Å². The molecule has 0 aliphatic rings. The minimum absolute atomic E-state index is 0.0151. The average Bonchev–Trinajstić information content (AvgIpc) is 3.48. The lowest BCUT2D eigenvalue weighted by Gasteiger charge is -2.37. The molecule has 0 saturated heterocycles. The molecule has 0 bridgehead atoms. The lowest BCUT2D eigenvalue weighted by Crippen LogP contribution is -2.38. The fraction of sp³-hybridized carbons (Fsp3) is 0.625. The highest BCUT2D eigenvalue weighted by molar-refractivity contribution is 5.30. The van der Waals surface area contributed by atoms with Gasteiger partial charge in [0, 0.05) is 5.41 Å². The van der Waals surface area contributed by atoms with Gasteiger partial charge >= 0.3 is 0 Å². The second kappa shape index (κ2) is 20.5. The summed E-state index contributed by atoms with van der Waals surface area (Å²) in [4.78, 5) is 0. The molecular weight excluding hydrogens is 508 g/mol. The Morgan fingerprint density at radius 1 is 0.619 bits per heavy atom. The van der Waals surface area contributed by atoms with Crippen molar-refractivity contribution in [1.82, 2.24) is 4.57 Å². The zero-order valence-corrected chi connectivity index (χ0v) is 27.6. The minimum atomic E-state index is 0.0151. The average molecular weight is 572 g/mol. The van der Waals surface area contributed by atoms with Gasteiger partial charge in [0.25, 0.3) is 0 Å². The third-order valence-corrected chi connectivity index (χ3v) is 9.47. The minimum Gasteiger partial charge on any atom is -0.237 e. The van der Waals surface area contributed by atoms with Crippen LogP contribution in [0.25, 0.3) is 0 Å². The zero-order chi connectivity index (χ0) is 29.7. The van der Waals surface area contributed by atoms with E-state index in [0.29, 0.717) is 6.04 Å². The zero-order valence-electron chi connectivity index (χ0n) is 27.6. The van der Waals surface area contributed by atoms with E-state index >= 15 is 0 Å². The van der Waals surface area contributed by atoms with Crippen LogP contribution in [-0.4, -0.2) is 4.57 Å². The summed E-state index contributed by atoms with van der Waals surface area (Å²) in [6.45, 7) is 8.16. The van der Waals surface area contributed by atoms with Gasteiger partial charge in [0.15, 0.2) is 0 Å². The molecule has 3 aromatic rings. The first-order valence-electron chi connectivity index (χ1n) is 17.8. The number of rotatable bonds is 24. The number of hydrogen-bond acceptors (Lipinski definition) is 0. The monoisotopic (exact) mass is 571 g/mol. The molecule has 3 rings (SSSR count). The summed E-state index contributed by atoms with van der Waals surface area (Å²) in [7, 11) is 0. The van der Waals surface area contributed by atoms with Crippen molar-refractivity contribution >= 4 is 0 Å². The van der Waals surface area contributed by atoms with Crippen molar-refractivity contribution in [2.45, 2.75) is 161 Å². The first kappa shape index (κ1) is 34.1. The highest BCUT2D eigenvalue weighted by Gasteiger charge is 2.40. The Hall–Kier alpha value is -2.35. The topological polar surface area (TPSA) is 8.81 Å². The summed E-state index contributed by atoms with van der Waals surface area (Å²) in [6, 6.07) is 22.9. The van der Waals surface area contributed by atoms with E-state index in [9.17, 15) is 0 Å². The van der Waals surface area contributed by atoms with Crippen molar-refractivity contribution in [2.75, 3.05) is 0 Å². The third-order valence-electron chi connectivity index (χ3n) is 9.47. The van der Waals surface area contributed by atoms with Crippen LogP contribution in [0.3, 0.4) is 0 Å². The molecule has 232 valence electrons. The van der Waals surface area contributed by atoms with Gasteiger partial charge in [0.2, 0.25) is 6.33 Å². The van der Waals surface area contributed by atoms with Gasteiger partial charge in [0.05, 0.1) is 6.54 Å². The van der Waals surface area contributed by atoms with Gasteiger partial charge in [-0.25, -0.2) is 9.13 Å². The van der Waals surface area contributed by atoms with Crippen molar-refractivity contribution < 1.29 is 4.57 Å². The Labute approximate surface area is 260 Å². The Morgan fingerprint density at radius 3 is 1.64 bits per heavy atom. The molecule has 0 radical (unpaired) electrons. The Bertz CT molecular complexity index is 1040. The normalized spacial score (nSPS) is 13.7. The number of unbranched alkanes of at least 4 members (excludes halogenated alkanes) is 15. The first-order chi connectivity index (χ1) is 20.7. The molecule has 2 nitrogen and oxygen atoms in total. The van der Waals surface area contributed by atoms with Gasteiger partial charge in [-0.1, -0.05) is 178 Å². The van der Waals surface area contributed by atoms with Gasteiger partial charge in [-0.05, 0) is 36.8 Å². The lowest BCUT2D eigenvalue weighted by molar-refractivity contribution is -0.696. The highest BCUT2D eigenvalue weighted by Crippen LogP contribution is 2.41. The van der Waals surface area contributed by atoms with E-state index < -0.39 is 0 Å². The fourth-order valence-corrected chi connectivity index (χ4v) is 6.92. The van der Waals surface area contributed by atoms with E-state index in [-0.39, 0.29) is 5.41 Å². The SMILES string of the molecule is CCCCCCCCCCCCCCCCCCC(n1cc[n+](CCC)c1)C(C)(Cc1ccccc1)c1ccccc1. The van der Waals surface area contributed by atoms with Crippen LogP contribution in [0.4, 0.5) is 0 Å². The Morgan fingerprint density at radius 2 is 1.12 bits per heavy atom. The summed E-state index contributed by atoms with van der Waals surface area (Å²) >= 11 is 0. The second-order valence-corrected chi connectivity index (χ2v) is 13.2. The summed E-state index contributed by atoms with van der Waals surface area (Å²) in [5.74, 6) is 0. The van der Waals surface area contributed by atoms with Gasteiger partial charge in [0.1, 0.15) is 18.4 Å². The molecule has 0 aliphatic carbocycles. The molecule has 0 saturated carbocycles. The van der Waals surface area contributed by atoms with Crippen molar-refractivity contribution in [2.24, 2.45) is 0 Å². The van der Waals surface area contributed by atoms with Crippen molar-refractivity contribution in [1.29, 1.82) is 0 Å². The van der Waals surface area contributed by atoms with Crippen molar-refractivity contribution in [3.8, 4) is 0 Å². The molecule has 1 heterocycles. The Balaban J connectivity index is 1.48. The molecule has 0 N–H and O–H groups in total. The molecule has 0 aliphatic heterocycles. The fourth-order valence-electron chi connectivity index (χ4n) is 6.92. The standard InChI is InChI=1S/C40H63N2/c1-4-6-7-8-9-10-11-12-13-14-15-16-17-18-19-26-31-39(42-34-33-41(36-42)32-5-2)40(3,38-29-24-21-25-30-38)35-37-27-22-20-23-28-37/h20-25,27-30,33-34,36,39H,4-19,26,31-32,35H2,1-3H3/q+1. The van der Waals surface area contributed by atoms with E-state index in [2.05, 4.69) is 109 Å². The smallest absolute Gasteiger partial charge is 0.237 e. The van der Waals surface area contributed by atoms with Crippen molar-refractivity contribution in [3.63, 3.8) is 0 Å². The summed E-state index contributed by atoms with van der Waals surface area (Å²) in [5.41, 5.74) is 2.89. The number of aromatic nitrogens is 2. The molecule has 1 aromatic heterocycles. The third kappa shape index (κ3) is 12.1. The van der Waals surface area contributed by atoms with E-state index in [4.69, 9.17) is 0 Å². The van der Waals surface area contributed by atoms with Gasteiger partial charge < -0.3 is 0 Å². The molecule has 2 aromatic carbocycles. The second-order valence-electron chi connectivity index (χ2n) is 13.2. The quantitative estimate of drug-likeness (QED) is 0.0747. The maximum Gasteiger partial charge on any atom is 0.244 e. The molecule has 42 heavy (non-hydrogen) atoms. The van der Waals surface area contributed by atoms with Crippen LogP contribution in [0.5, 0.6) is 0 Å². The number of nitrogens with zero attached hydrogens (tertiary/aromatic N) is 2. The van der Waals surface area contributed by atoms with E-state index in [1.807, 2.05) is 0 Å². The maximum absolute atomic E-state index is 2.54. The number of benzene rings is 2. The molecule has 2 atom stereocenters.